The minimum Gasteiger partial charge on any atom is -0.325 e. The zero-order valence-corrected chi connectivity index (χ0v) is 13.9. The fourth-order valence-corrected chi connectivity index (χ4v) is 4.31. The Morgan fingerprint density at radius 3 is 2.77 bits per heavy atom. The first-order chi connectivity index (χ1) is 10.4. The smallest absolute Gasteiger partial charge is 0.243 e. The summed E-state index contributed by atoms with van der Waals surface area (Å²) in [5, 5.41) is 6.60. The summed E-state index contributed by atoms with van der Waals surface area (Å²) in [7, 11) is -2.02. The van der Waals surface area contributed by atoms with Gasteiger partial charge in [0.1, 0.15) is 0 Å². The summed E-state index contributed by atoms with van der Waals surface area (Å²) in [6.07, 6.45) is 0. The van der Waals surface area contributed by atoms with Gasteiger partial charge in [-0.3, -0.25) is 4.79 Å². The van der Waals surface area contributed by atoms with E-state index in [0.29, 0.717) is 12.2 Å². The highest BCUT2D eigenvalue weighted by molar-refractivity contribution is 7.89. The quantitative estimate of drug-likeness (QED) is 0.933. The first kappa shape index (κ1) is 15.2. The number of benzene rings is 1. The van der Waals surface area contributed by atoms with E-state index in [9.17, 15) is 13.2 Å². The Morgan fingerprint density at radius 1 is 1.32 bits per heavy atom. The summed E-state index contributed by atoms with van der Waals surface area (Å²) in [4.78, 5) is 11.9. The van der Waals surface area contributed by atoms with Crippen molar-refractivity contribution >= 4 is 33.0 Å². The highest BCUT2D eigenvalue weighted by Gasteiger charge is 2.29. The summed E-state index contributed by atoms with van der Waals surface area (Å²) in [5.41, 5.74) is 2.38. The number of amides is 1. The summed E-state index contributed by atoms with van der Waals surface area (Å²) >= 11 is 1.54. The van der Waals surface area contributed by atoms with Crippen molar-refractivity contribution in [2.45, 2.75) is 24.3 Å². The molecule has 2 heterocycles. The van der Waals surface area contributed by atoms with E-state index >= 15 is 0 Å². The van der Waals surface area contributed by atoms with Crippen LogP contribution in [-0.2, 0) is 21.4 Å². The lowest BCUT2D eigenvalue weighted by atomic mass is 10.0. The van der Waals surface area contributed by atoms with Gasteiger partial charge in [0, 0.05) is 19.3 Å². The minimum absolute atomic E-state index is 0.101. The number of thiophene rings is 1. The van der Waals surface area contributed by atoms with Crippen LogP contribution in [0.5, 0.6) is 0 Å². The van der Waals surface area contributed by atoms with Gasteiger partial charge in [-0.1, -0.05) is 0 Å². The summed E-state index contributed by atoms with van der Waals surface area (Å²) in [6.45, 7) is 2.10. The SMILES string of the molecule is C[C@@H]1C(=O)Nc2ccc(S(=O)(=O)N(C)Cc3ccsc3)cc21. The normalized spacial score (nSPS) is 17.6. The highest BCUT2D eigenvalue weighted by atomic mass is 32.2. The third kappa shape index (κ3) is 2.55. The second-order valence-corrected chi connectivity index (χ2v) is 8.18. The number of hydrogen-bond acceptors (Lipinski definition) is 4. The van der Waals surface area contributed by atoms with Gasteiger partial charge < -0.3 is 5.32 Å². The maximum absolute atomic E-state index is 12.7. The van der Waals surface area contributed by atoms with Gasteiger partial charge in [-0.15, -0.1) is 0 Å². The van der Waals surface area contributed by atoms with E-state index in [1.54, 1.807) is 26.1 Å². The van der Waals surface area contributed by atoms with E-state index in [0.717, 1.165) is 11.1 Å². The number of fused-ring (bicyclic) bond motifs is 1. The molecule has 0 fully saturated rings. The van der Waals surface area contributed by atoms with Crippen LogP contribution in [0.15, 0.2) is 39.9 Å². The van der Waals surface area contributed by atoms with Crippen molar-refractivity contribution in [2.75, 3.05) is 12.4 Å². The van der Waals surface area contributed by atoms with Gasteiger partial charge in [-0.25, -0.2) is 8.42 Å². The van der Waals surface area contributed by atoms with E-state index in [-0.39, 0.29) is 16.7 Å². The molecule has 0 aliphatic carbocycles. The number of rotatable bonds is 4. The Kier molecular flexibility index (Phi) is 3.80. The van der Waals surface area contributed by atoms with Crippen molar-refractivity contribution in [1.29, 1.82) is 0 Å². The Hall–Kier alpha value is -1.70. The lowest BCUT2D eigenvalue weighted by Crippen LogP contribution is -2.26. The first-order valence-electron chi connectivity index (χ1n) is 6.82. The molecule has 0 saturated heterocycles. The van der Waals surface area contributed by atoms with Crippen molar-refractivity contribution in [3.63, 3.8) is 0 Å². The number of sulfonamides is 1. The van der Waals surface area contributed by atoms with Crippen molar-refractivity contribution in [1.82, 2.24) is 4.31 Å². The van der Waals surface area contributed by atoms with E-state index in [2.05, 4.69) is 5.32 Å². The maximum Gasteiger partial charge on any atom is 0.243 e. The number of hydrogen-bond donors (Lipinski definition) is 1. The van der Waals surface area contributed by atoms with E-state index < -0.39 is 10.0 Å². The van der Waals surface area contributed by atoms with Gasteiger partial charge in [-0.2, -0.15) is 15.6 Å². The summed E-state index contributed by atoms with van der Waals surface area (Å²) in [6, 6.07) is 6.69. The van der Waals surface area contributed by atoms with Crippen LogP contribution in [-0.4, -0.2) is 25.7 Å². The van der Waals surface area contributed by atoms with Gasteiger partial charge in [0.05, 0.1) is 10.8 Å². The second-order valence-electron chi connectivity index (χ2n) is 5.35. The van der Waals surface area contributed by atoms with Gasteiger partial charge in [-0.05, 0) is 53.1 Å². The van der Waals surface area contributed by atoms with Crippen molar-refractivity contribution in [3.8, 4) is 0 Å². The standard InChI is InChI=1S/C15H16N2O3S2/c1-10-13-7-12(3-4-14(13)16-15(10)18)22(19,20)17(2)8-11-5-6-21-9-11/h3-7,9-10H,8H2,1-2H3,(H,16,18)/t10-/m0/s1. The number of anilines is 1. The molecular formula is C15H16N2O3S2. The molecule has 1 aliphatic rings. The molecule has 0 spiro atoms. The lowest BCUT2D eigenvalue weighted by molar-refractivity contribution is -0.116. The minimum atomic E-state index is -3.58. The molecule has 116 valence electrons. The number of carbonyl (C=O) groups is 1. The molecular weight excluding hydrogens is 320 g/mol. The second kappa shape index (κ2) is 5.49. The average Bonchev–Trinajstić information content (AvgIpc) is 3.08. The number of nitrogens with one attached hydrogen (secondary N) is 1. The molecule has 3 rings (SSSR count). The monoisotopic (exact) mass is 336 g/mol. The topological polar surface area (TPSA) is 66.5 Å². The molecule has 7 heteroatoms. The van der Waals surface area contributed by atoms with E-state index in [4.69, 9.17) is 0 Å². The number of carbonyl (C=O) groups excluding carboxylic acids is 1. The maximum atomic E-state index is 12.7. The van der Waals surface area contributed by atoms with Crippen LogP contribution in [0, 0.1) is 0 Å². The molecule has 22 heavy (non-hydrogen) atoms. The van der Waals surface area contributed by atoms with Crippen LogP contribution in [0.3, 0.4) is 0 Å². The van der Waals surface area contributed by atoms with Gasteiger partial charge >= 0.3 is 0 Å². The van der Waals surface area contributed by atoms with Crippen molar-refractivity contribution in [3.05, 3.63) is 46.2 Å². The van der Waals surface area contributed by atoms with Crippen LogP contribution >= 0.6 is 11.3 Å². The van der Waals surface area contributed by atoms with Crippen LogP contribution in [0.1, 0.15) is 24.0 Å². The molecule has 1 aromatic carbocycles. The summed E-state index contributed by atoms with van der Waals surface area (Å²) in [5.74, 6) is -0.427. The molecule has 1 aromatic heterocycles. The Bertz CT molecular complexity index is 813. The van der Waals surface area contributed by atoms with Crippen LogP contribution < -0.4 is 5.32 Å². The molecule has 5 nitrogen and oxygen atoms in total. The predicted molar refractivity (Wildman–Crippen MR) is 86.5 cm³/mol. The van der Waals surface area contributed by atoms with Gasteiger partial charge in [0.25, 0.3) is 0 Å². The summed E-state index contributed by atoms with van der Waals surface area (Å²) < 4.78 is 26.7. The third-order valence-electron chi connectivity index (χ3n) is 3.83. The largest absolute Gasteiger partial charge is 0.325 e. The van der Waals surface area contributed by atoms with Crippen LogP contribution in [0.25, 0.3) is 0 Å². The fourth-order valence-electron chi connectivity index (χ4n) is 2.46. The lowest BCUT2D eigenvalue weighted by Gasteiger charge is -2.17. The molecule has 2 aromatic rings. The predicted octanol–water partition coefficient (Wildman–Crippen LogP) is 2.62. The van der Waals surface area contributed by atoms with Crippen molar-refractivity contribution < 1.29 is 13.2 Å². The molecule has 1 amide bonds. The van der Waals surface area contributed by atoms with E-state index in [1.807, 2.05) is 16.8 Å². The van der Waals surface area contributed by atoms with Gasteiger partial charge in [0.15, 0.2) is 0 Å². The highest BCUT2D eigenvalue weighted by Crippen LogP contribution is 2.34. The number of nitrogens with zero attached hydrogens (tertiary/aromatic N) is 1. The Morgan fingerprint density at radius 2 is 2.09 bits per heavy atom. The molecule has 0 radical (unpaired) electrons. The third-order valence-corrected chi connectivity index (χ3v) is 6.37. The molecule has 0 saturated carbocycles. The molecule has 0 unspecified atom stereocenters. The van der Waals surface area contributed by atoms with E-state index in [1.165, 1.54) is 21.7 Å². The van der Waals surface area contributed by atoms with Crippen molar-refractivity contribution in [2.24, 2.45) is 0 Å². The van der Waals surface area contributed by atoms with Crippen LogP contribution in [0.4, 0.5) is 5.69 Å². The average molecular weight is 336 g/mol. The van der Waals surface area contributed by atoms with Crippen LogP contribution in [0.2, 0.25) is 0 Å². The molecule has 0 bridgehead atoms. The Labute approximate surface area is 133 Å². The van der Waals surface area contributed by atoms with Gasteiger partial charge in [0.2, 0.25) is 15.9 Å². The molecule has 1 aliphatic heterocycles. The zero-order valence-electron chi connectivity index (χ0n) is 12.2. The first-order valence-corrected chi connectivity index (χ1v) is 9.20. The zero-order chi connectivity index (χ0) is 15.9. The molecule has 1 atom stereocenters. The fraction of sp³-hybridized carbons (Fsp3) is 0.267. The Balaban J connectivity index is 1.91. The molecule has 1 N–H and O–H groups in total.